The zero-order chi connectivity index (χ0) is 13.7. The SMILES string of the molecule is COc1c(N)ncnc1NCCc1cccc(C)c1. The standard InChI is InChI=1S/C14H18N4O/c1-10-4-3-5-11(8-10)6-7-16-14-12(19-2)13(15)17-9-18-14/h3-5,8-9H,6-7H2,1-2H3,(H3,15,16,17,18). The van der Waals surface area contributed by atoms with Gasteiger partial charge in [0.2, 0.25) is 5.75 Å². The molecule has 3 N–H and O–H groups in total. The first kappa shape index (κ1) is 13.1. The fourth-order valence-corrected chi connectivity index (χ4v) is 1.91. The van der Waals surface area contributed by atoms with Crippen LogP contribution < -0.4 is 15.8 Å². The van der Waals surface area contributed by atoms with Crippen molar-refractivity contribution in [1.82, 2.24) is 9.97 Å². The minimum Gasteiger partial charge on any atom is -0.490 e. The lowest BCUT2D eigenvalue weighted by Crippen LogP contribution is -2.09. The number of aryl methyl sites for hydroxylation is 1. The number of hydrogen-bond donors (Lipinski definition) is 2. The van der Waals surface area contributed by atoms with E-state index in [9.17, 15) is 0 Å². The number of anilines is 2. The first-order valence-electron chi connectivity index (χ1n) is 6.14. The van der Waals surface area contributed by atoms with Gasteiger partial charge in [0.15, 0.2) is 11.6 Å². The maximum Gasteiger partial charge on any atom is 0.203 e. The summed E-state index contributed by atoms with van der Waals surface area (Å²) >= 11 is 0. The second-order valence-corrected chi connectivity index (χ2v) is 4.31. The number of aromatic nitrogens is 2. The van der Waals surface area contributed by atoms with Crippen molar-refractivity contribution in [3.63, 3.8) is 0 Å². The maximum atomic E-state index is 5.72. The predicted molar refractivity (Wildman–Crippen MR) is 76.4 cm³/mol. The summed E-state index contributed by atoms with van der Waals surface area (Å²) in [6.45, 7) is 2.85. The summed E-state index contributed by atoms with van der Waals surface area (Å²) in [6, 6.07) is 8.44. The minimum atomic E-state index is 0.343. The number of hydrogen-bond acceptors (Lipinski definition) is 5. The van der Waals surface area contributed by atoms with Gasteiger partial charge in [0, 0.05) is 6.54 Å². The summed E-state index contributed by atoms with van der Waals surface area (Å²) in [6.07, 6.45) is 2.33. The summed E-state index contributed by atoms with van der Waals surface area (Å²) in [4.78, 5) is 8.02. The number of nitrogens with one attached hydrogen (secondary N) is 1. The van der Waals surface area contributed by atoms with Crippen LogP contribution in [0, 0.1) is 6.92 Å². The van der Waals surface area contributed by atoms with Gasteiger partial charge in [0.25, 0.3) is 0 Å². The van der Waals surface area contributed by atoms with Crippen LogP contribution in [0.15, 0.2) is 30.6 Å². The molecule has 0 atom stereocenters. The van der Waals surface area contributed by atoms with Crippen LogP contribution in [0.2, 0.25) is 0 Å². The smallest absolute Gasteiger partial charge is 0.203 e. The van der Waals surface area contributed by atoms with Gasteiger partial charge in [-0.1, -0.05) is 29.8 Å². The number of rotatable bonds is 5. The molecule has 5 heteroatoms. The molecule has 0 fully saturated rings. The van der Waals surface area contributed by atoms with Gasteiger partial charge >= 0.3 is 0 Å². The number of benzene rings is 1. The van der Waals surface area contributed by atoms with E-state index in [1.807, 2.05) is 0 Å². The predicted octanol–water partition coefficient (Wildman–Crippen LogP) is 2.03. The molecule has 1 aromatic carbocycles. The Morgan fingerprint density at radius 2 is 2.16 bits per heavy atom. The highest BCUT2D eigenvalue weighted by molar-refractivity contribution is 5.61. The Hall–Kier alpha value is -2.30. The first-order chi connectivity index (χ1) is 9.20. The summed E-state index contributed by atoms with van der Waals surface area (Å²) in [7, 11) is 1.56. The van der Waals surface area contributed by atoms with Gasteiger partial charge in [-0.3, -0.25) is 0 Å². The first-order valence-corrected chi connectivity index (χ1v) is 6.14. The topological polar surface area (TPSA) is 73.1 Å². The molecule has 0 saturated carbocycles. The Bertz CT molecular complexity index is 557. The van der Waals surface area contributed by atoms with E-state index in [0.717, 1.165) is 13.0 Å². The Morgan fingerprint density at radius 3 is 2.89 bits per heavy atom. The number of methoxy groups -OCH3 is 1. The van der Waals surface area contributed by atoms with Crippen molar-refractivity contribution in [2.24, 2.45) is 0 Å². The third-order valence-electron chi connectivity index (χ3n) is 2.82. The molecule has 100 valence electrons. The monoisotopic (exact) mass is 258 g/mol. The van der Waals surface area contributed by atoms with Gasteiger partial charge < -0.3 is 15.8 Å². The van der Waals surface area contributed by atoms with Gasteiger partial charge in [0.05, 0.1) is 7.11 Å². The summed E-state index contributed by atoms with van der Waals surface area (Å²) in [5.74, 6) is 1.46. The largest absolute Gasteiger partial charge is 0.490 e. The van der Waals surface area contributed by atoms with E-state index in [1.165, 1.54) is 17.5 Å². The van der Waals surface area contributed by atoms with E-state index in [2.05, 4.69) is 46.5 Å². The average molecular weight is 258 g/mol. The maximum absolute atomic E-state index is 5.72. The second-order valence-electron chi connectivity index (χ2n) is 4.31. The van der Waals surface area contributed by atoms with Crippen molar-refractivity contribution in [2.45, 2.75) is 13.3 Å². The number of nitrogen functional groups attached to an aromatic ring is 1. The van der Waals surface area contributed by atoms with E-state index in [4.69, 9.17) is 10.5 Å². The Balaban J connectivity index is 1.98. The third-order valence-corrected chi connectivity index (χ3v) is 2.82. The van der Waals surface area contributed by atoms with E-state index < -0.39 is 0 Å². The van der Waals surface area contributed by atoms with Crippen LogP contribution >= 0.6 is 0 Å². The zero-order valence-corrected chi connectivity index (χ0v) is 11.2. The molecule has 0 aliphatic rings. The normalized spacial score (nSPS) is 10.2. The molecule has 0 radical (unpaired) electrons. The molecule has 0 bridgehead atoms. The molecule has 19 heavy (non-hydrogen) atoms. The molecular formula is C14H18N4O. The van der Waals surface area contributed by atoms with Gasteiger partial charge in [-0.25, -0.2) is 9.97 Å². The Labute approximate surface area is 112 Å². The van der Waals surface area contributed by atoms with Crippen LogP contribution in [0.3, 0.4) is 0 Å². The molecule has 2 aromatic rings. The fourth-order valence-electron chi connectivity index (χ4n) is 1.91. The molecule has 0 unspecified atom stereocenters. The molecule has 5 nitrogen and oxygen atoms in total. The quantitative estimate of drug-likeness (QED) is 0.858. The summed E-state index contributed by atoms with van der Waals surface area (Å²) in [5.41, 5.74) is 8.27. The van der Waals surface area contributed by atoms with Crippen LogP contribution in [0.5, 0.6) is 5.75 Å². The molecule has 1 aromatic heterocycles. The molecule has 1 heterocycles. The summed E-state index contributed by atoms with van der Waals surface area (Å²) < 4.78 is 5.19. The van der Waals surface area contributed by atoms with Gasteiger partial charge in [-0.05, 0) is 18.9 Å². The van der Waals surface area contributed by atoms with Crippen LogP contribution in [-0.2, 0) is 6.42 Å². The van der Waals surface area contributed by atoms with E-state index in [1.54, 1.807) is 7.11 Å². The van der Waals surface area contributed by atoms with Crippen molar-refractivity contribution in [2.75, 3.05) is 24.7 Å². The van der Waals surface area contributed by atoms with Crippen molar-refractivity contribution in [3.05, 3.63) is 41.7 Å². The van der Waals surface area contributed by atoms with Crippen LogP contribution in [0.25, 0.3) is 0 Å². The number of nitrogens with two attached hydrogens (primary N) is 1. The number of ether oxygens (including phenoxy) is 1. The van der Waals surface area contributed by atoms with Crippen LogP contribution in [0.4, 0.5) is 11.6 Å². The molecule has 0 aliphatic carbocycles. The van der Waals surface area contributed by atoms with Crippen molar-refractivity contribution < 1.29 is 4.74 Å². The van der Waals surface area contributed by atoms with Crippen LogP contribution in [0.1, 0.15) is 11.1 Å². The lowest BCUT2D eigenvalue weighted by molar-refractivity contribution is 0.415. The van der Waals surface area contributed by atoms with E-state index >= 15 is 0 Å². The van der Waals surface area contributed by atoms with Crippen molar-refractivity contribution in [3.8, 4) is 5.75 Å². The van der Waals surface area contributed by atoms with Gasteiger partial charge in [-0.15, -0.1) is 0 Å². The van der Waals surface area contributed by atoms with Crippen molar-refractivity contribution in [1.29, 1.82) is 0 Å². The molecule has 0 aliphatic heterocycles. The van der Waals surface area contributed by atoms with Gasteiger partial charge in [0.1, 0.15) is 6.33 Å². The Kier molecular flexibility index (Phi) is 4.18. The minimum absolute atomic E-state index is 0.343. The lowest BCUT2D eigenvalue weighted by atomic mass is 10.1. The fraction of sp³-hybridized carbons (Fsp3) is 0.286. The molecular weight excluding hydrogens is 240 g/mol. The van der Waals surface area contributed by atoms with Crippen molar-refractivity contribution >= 4 is 11.6 Å². The average Bonchev–Trinajstić information content (AvgIpc) is 2.39. The molecule has 2 rings (SSSR count). The van der Waals surface area contributed by atoms with Crippen LogP contribution in [-0.4, -0.2) is 23.6 Å². The molecule has 0 spiro atoms. The molecule has 0 saturated heterocycles. The molecule has 0 amide bonds. The lowest BCUT2D eigenvalue weighted by Gasteiger charge is -2.11. The van der Waals surface area contributed by atoms with Gasteiger partial charge in [-0.2, -0.15) is 0 Å². The zero-order valence-electron chi connectivity index (χ0n) is 11.2. The second kappa shape index (κ2) is 6.04. The van der Waals surface area contributed by atoms with E-state index in [0.29, 0.717) is 17.4 Å². The highest BCUT2D eigenvalue weighted by Crippen LogP contribution is 2.25. The highest BCUT2D eigenvalue weighted by Gasteiger charge is 2.08. The highest BCUT2D eigenvalue weighted by atomic mass is 16.5. The summed E-state index contributed by atoms with van der Waals surface area (Å²) in [5, 5.41) is 3.22. The number of nitrogens with zero attached hydrogens (tertiary/aromatic N) is 2. The van der Waals surface area contributed by atoms with E-state index in [-0.39, 0.29) is 0 Å². The Morgan fingerprint density at radius 1 is 1.32 bits per heavy atom. The third kappa shape index (κ3) is 3.34.